The summed E-state index contributed by atoms with van der Waals surface area (Å²) in [6.07, 6.45) is 2.43. The maximum Gasteiger partial charge on any atom is 0.251 e. The van der Waals surface area contributed by atoms with Crippen LogP contribution < -0.4 is 21.3 Å². The predicted molar refractivity (Wildman–Crippen MR) is 99.9 cm³/mol. The van der Waals surface area contributed by atoms with Crippen LogP contribution in [0.2, 0.25) is 0 Å². The van der Waals surface area contributed by atoms with Crippen molar-refractivity contribution < 1.29 is 14.0 Å². The number of hydrogen-bond acceptors (Lipinski definition) is 4. The van der Waals surface area contributed by atoms with Crippen LogP contribution in [0.1, 0.15) is 23.2 Å². The van der Waals surface area contributed by atoms with Gasteiger partial charge in [0.1, 0.15) is 5.82 Å². The molecule has 2 aromatic rings. The summed E-state index contributed by atoms with van der Waals surface area (Å²) in [5, 5.41) is 5.64. The Bertz CT molecular complexity index is 802. The van der Waals surface area contributed by atoms with E-state index in [0.29, 0.717) is 11.4 Å². The number of carbonyl (C=O) groups is 2. The van der Waals surface area contributed by atoms with E-state index in [4.69, 9.17) is 5.73 Å². The monoisotopic (exact) mass is 356 g/mol. The number of carbonyl (C=O) groups excluding carboxylic acids is 2. The molecule has 0 unspecified atom stereocenters. The minimum atomic E-state index is -0.853. The molecule has 3 rings (SSSR count). The number of nitrogens with two attached hydrogens (primary N) is 1. The van der Waals surface area contributed by atoms with Crippen LogP contribution >= 0.6 is 0 Å². The van der Waals surface area contributed by atoms with Gasteiger partial charge in [-0.25, -0.2) is 4.39 Å². The second kappa shape index (κ2) is 7.86. The Balaban J connectivity index is 1.54. The van der Waals surface area contributed by atoms with Gasteiger partial charge in [0.05, 0.1) is 12.1 Å². The summed E-state index contributed by atoms with van der Waals surface area (Å²) in [4.78, 5) is 25.5. The number of halogens is 1. The van der Waals surface area contributed by atoms with Gasteiger partial charge in [0.15, 0.2) is 0 Å². The van der Waals surface area contributed by atoms with E-state index in [-0.39, 0.29) is 18.0 Å². The van der Waals surface area contributed by atoms with Gasteiger partial charge >= 0.3 is 0 Å². The highest BCUT2D eigenvalue weighted by Gasteiger charge is 2.12. The zero-order valence-corrected chi connectivity index (χ0v) is 14.3. The van der Waals surface area contributed by atoms with E-state index in [0.717, 1.165) is 24.8 Å². The molecule has 0 aromatic heterocycles. The van der Waals surface area contributed by atoms with Crippen molar-refractivity contribution in [1.82, 2.24) is 0 Å². The second-order valence-corrected chi connectivity index (χ2v) is 6.20. The summed E-state index contributed by atoms with van der Waals surface area (Å²) >= 11 is 0. The number of benzene rings is 2. The SMILES string of the molecule is NC(=O)c1cc(NCC(=O)Nc2ccc(N3CCCC3)cc2)ccc1F. The Morgan fingerprint density at radius 1 is 1.04 bits per heavy atom. The molecule has 1 saturated heterocycles. The van der Waals surface area contributed by atoms with Crippen LogP contribution in [0.3, 0.4) is 0 Å². The lowest BCUT2D eigenvalue weighted by Gasteiger charge is -2.17. The molecule has 1 aliphatic rings. The molecule has 136 valence electrons. The smallest absolute Gasteiger partial charge is 0.251 e. The number of rotatable bonds is 6. The summed E-state index contributed by atoms with van der Waals surface area (Å²) in [5.74, 6) is -1.79. The van der Waals surface area contributed by atoms with E-state index in [1.807, 2.05) is 24.3 Å². The Morgan fingerprint density at radius 3 is 2.35 bits per heavy atom. The summed E-state index contributed by atoms with van der Waals surface area (Å²) in [7, 11) is 0. The zero-order valence-electron chi connectivity index (χ0n) is 14.3. The molecule has 0 atom stereocenters. The van der Waals surface area contributed by atoms with Crippen molar-refractivity contribution in [2.45, 2.75) is 12.8 Å². The molecule has 0 radical (unpaired) electrons. The molecule has 4 N–H and O–H groups in total. The van der Waals surface area contributed by atoms with Crippen molar-refractivity contribution >= 4 is 28.9 Å². The van der Waals surface area contributed by atoms with Crippen LogP contribution in [0.15, 0.2) is 42.5 Å². The Morgan fingerprint density at radius 2 is 1.69 bits per heavy atom. The van der Waals surface area contributed by atoms with Crippen molar-refractivity contribution in [2.75, 3.05) is 35.2 Å². The Labute approximate surface area is 151 Å². The number of amides is 2. The van der Waals surface area contributed by atoms with Gasteiger partial charge in [-0.05, 0) is 55.3 Å². The van der Waals surface area contributed by atoms with Crippen molar-refractivity contribution in [2.24, 2.45) is 5.73 Å². The van der Waals surface area contributed by atoms with E-state index in [2.05, 4.69) is 15.5 Å². The van der Waals surface area contributed by atoms with E-state index >= 15 is 0 Å². The van der Waals surface area contributed by atoms with Crippen LogP contribution in [0, 0.1) is 5.82 Å². The predicted octanol–water partition coefficient (Wildman–Crippen LogP) is 2.58. The maximum absolute atomic E-state index is 13.4. The maximum atomic E-state index is 13.4. The first kappa shape index (κ1) is 17.7. The van der Waals surface area contributed by atoms with Crippen LogP contribution in [0.4, 0.5) is 21.5 Å². The van der Waals surface area contributed by atoms with Gasteiger partial charge in [-0.2, -0.15) is 0 Å². The number of hydrogen-bond donors (Lipinski definition) is 3. The third-order valence-corrected chi connectivity index (χ3v) is 4.31. The molecule has 1 aliphatic heterocycles. The lowest BCUT2D eigenvalue weighted by Crippen LogP contribution is -2.22. The van der Waals surface area contributed by atoms with Gasteiger partial charge in [0.25, 0.3) is 5.91 Å². The van der Waals surface area contributed by atoms with Crippen molar-refractivity contribution in [3.63, 3.8) is 0 Å². The molecule has 2 aromatic carbocycles. The Hall–Kier alpha value is -3.09. The van der Waals surface area contributed by atoms with Crippen LogP contribution in [0.25, 0.3) is 0 Å². The fraction of sp³-hybridized carbons (Fsp3) is 0.263. The minimum Gasteiger partial charge on any atom is -0.376 e. The van der Waals surface area contributed by atoms with E-state index < -0.39 is 11.7 Å². The molecule has 26 heavy (non-hydrogen) atoms. The first-order chi connectivity index (χ1) is 12.5. The molecule has 0 saturated carbocycles. The van der Waals surface area contributed by atoms with Crippen molar-refractivity contribution in [3.8, 4) is 0 Å². The number of primary amides is 1. The second-order valence-electron chi connectivity index (χ2n) is 6.20. The molecule has 0 bridgehead atoms. The van der Waals surface area contributed by atoms with Gasteiger partial charge < -0.3 is 21.3 Å². The van der Waals surface area contributed by atoms with E-state index in [1.165, 1.54) is 25.0 Å². The average Bonchev–Trinajstić information content (AvgIpc) is 3.16. The van der Waals surface area contributed by atoms with Crippen LogP contribution in [-0.2, 0) is 4.79 Å². The zero-order chi connectivity index (χ0) is 18.5. The van der Waals surface area contributed by atoms with Gasteiger partial charge in [-0.1, -0.05) is 0 Å². The van der Waals surface area contributed by atoms with Crippen LogP contribution in [0.5, 0.6) is 0 Å². The highest BCUT2D eigenvalue weighted by atomic mass is 19.1. The molecule has 6 nitrogen and oxygen atoms in total. The van der Waals surface area contributed by atoms with Crippen molar-refractivity contribution in [3.05, 3.63) is 53.8 Å². The first-order valence-corrected chi connectivity index (χ1v) is 8.51. The van der Waals surface area contributed by atoms with Crippen molar-refractivity contribution in [1.29, 1.82) is 0 Å². The lowest BCUT2D eigenvalue weighted by molar-refractivity contribution is -0.114. The van der Waals surface area contributed by atoms with E-state index in [9.17, 15) is 14.0 Å². The molecule has 1 fully saturated rings. The van der Waals surface area contributed by atoms with Gasteiger partial charge in [0.2, 0.25) is 5.91 Å². The topological polar surface area (TPSA) is 87.5 Å². The first-order valence-electron chi connectivity index (χ1n) is 8.51. The third kappa shape index (κ3) is 4.30. The van der Waals surface area contributed by atoms with E-state index in [1.54, 1.807) is 0 Å². The molecule has 1 heterocycles. The Kier molecular flexibility index (Phi) is 5.36. The normalized spacial score (nSPS) is 13.5. The molecular weight excluding hydrogens is 335 g/mol. The minimum absolute atomic E-state index is 0.0162. The fourth-order valence-corrected chi connectivity index (χ4v) is 2.94. The number of nitrogens with zero attached hydrogens (tertiary/aromatic N) is 1. The highest BCUT2D eigenvalue weighted by molar-refractivity contribution is 5.95. The molecule has 0 aliphatic carbocycles. The van der Waals surface area contributed by atoms with Gasteiger partial charge in [-0.3, -0.25) is 9.59 Å². The van der Waals surface area contributed by atoms with Crippen LogP contribution in [-0.4, -0.2) is 31.4 Å². The lowest BCUT2D eigenvalue weighted by atomic mass is 10.2. The highest BCUT2D eigenvalue weighted by Crippen LogP contribution is 2.22. The molecule has 7 heteroatoms. The summed E-state index contributed by atoms with van der Waals surface area (Å²) in [5.41, 5.74) is 7.20. The number of nitrogens with one attached hydrogen (secondary N) is 2. The summed E-state index contributed by atoms with van der Waals surface area (Å²) in [6, 6.07) is 11.6. The molecule has 2 amide bonds. The largest absolute Gasteiger partial charge is 0.376 e. The quantitative estimate of drug-likeness (QED) is 0.742. The standard InChI is InChI=1S/C19H21FN4O2/c20-17-8-5-14(11-16(17)19(21)26)22-12-18(25)23-13-3-6-15(7-4-13)24-9-1-2-10-24/h3-8,11,22H,1-2,9-10,12H2,(H2,21,26)(H,23,25). The molecule has 0 spiro atoms. The fourth-order valence-electron chi connectivity index (χ4n) is 2.94. The summed E-state index contributed by atoms with van der Waals surface area (Å²) in [6.45, 7) is 2.12. The molecular formula is C19H21FN4O2. The third-order valence-electron chi connectivity index (χ3n) is 4.31. The summed E-state index contributed by atoms with van der Waals surface area (Å²) < 4.78 is 13.4. The van der Waals surface area contributed by atoms with Gasteiger partial charge in [0, 0.05) is 30.2 Å². The average molecular weight is 356 g/mol. The number of anilines is 3. The van der Waals surface area contributed by atoms with Gasteiger partial charge in [-0.15, -0.1) is 0 Å².